The lowest BCUT2D eigenvalue weighted by Crippen LogP contribution is -2.12. The van der Waals surface area contributed by atoms with Crippen molar-refractivity contribution in [2.24, 2.45) is 0 Å². The molecule has 0 amide bonds. The van der Waals surface area contributed by atoms with Crippen LogP contribution < -0.4 is 5.32 Å². The van der Waals surface area contributed by atoms with Crippen molar-refractivity contribution < 1.29 is 4.42 Å². The molecule has 0 saturated carbocycles. The fourth-order valence-electron chi connectivity index (χ4n) is 1.66. The number of nitriles is 1. The molecular formula is C14H13ClN2O. The smallest absolute Gasteiger partial charge is 0.117 e. The fraction of sp³-hybridized carbons (Fsp3) is 0.214. The van der Waals surface area contributed by atoms with Gasteiger partial charge in [-0.15, -0.1) is 0 Å². The number of furan rings is 1. The van der Waals surface area contributed by atoms with Gasteiger partial charge in [-0.2, -0.15) is 5.26 Å². The van der Waals surface area contributed by atoms with Gasteiger partial charge in [0.05, 0.1) is 18.2 Å². The summed E-state index contributed by atoms with van der Waals surface area (Å²) >= 11 is 6.08. The summed E-state index contributed by atoms with van der Waals surface area (Å²) in [6, 6.07) is 11.2. The van der Waals surface area contributed by atoms with Gasteiger partial charge >= 0.3 is 0 Å². The number of aryl methyl sites for hydroxylation is 1. The van der Waals surface area contributed by atoms with E-state index in [4.69, 9.17) is 21.3 Å². The normalized spacial score (nSPS) is 10.3. The summed E-state index contributed by atoms with van der Waals surface area (Å²) in [5, 5.41) is 12.6. The predicted molar refractivity (Wildman–Crippen MR) is 70.2 cm³/mol. The van der Waals surface area contributed by atoms with E-state index in [0.29, 0.717) is 23.7 Å². The van der Waals surface area contributed by atoms with Crippen LogP contribution in [-0.2, 0) is 13.1 Å². The van der Waals surface area contributed by atoms with Crippen LogP contribution in [0.2, 0.25) is 5.02 Å². The molecule has 0 fully saturated rings. The molecule has 0 bridgehead atoms. The maximum absolute atomic E-state index is 8.74. The zero-order chi connectivity index (χ0) is 13.0. The highest BCUT2D eigenvalue weighted by Crippen LogP contribution is 2.17. The lowest BCUT2D eigenvalue weighted by atomic mass is 10.1. The first kappa shape index (κ1) is 12.7. The fourth-order valence-corrected chi connectivity index (χ4v) is 1.91. The number of rotatable bonds is 4. The third kappa shape index (κ3) is 3.13. The van der Waals surface area contributed by atoms with Crippen LogP contribution >= 0.6 is 11.6 Å². The lowest BCUT2D eigenvalue weighted by Gasteiger charge is -2.05. The van der Waals surface area contributed by atoms with Gasteiger partial charge in [0.15, 0.2) is 0 Å². The molecule has 4 heteroatoms. The van der Waals surface area contributed by atoms with E-state index in [9.17, 15) is 0 Å². The number of nitrogens with one attached hydrogen (secondary N) is 1. The van der Waals surface area contributed by atoms with Crippen molar-refractivity contribution in [3.05, 3.63) is 58.0 Å². The van der Waals surface area contributed by atoms with Gasteiger partial charge in [0.2, 0.25) is 0 Å². The summed E-state index contributed by atoms with van der Waals surface area (Å²) in [6.45, 7) is 3.22. The van der Waals surface area contributed by atoms with E-state index < -0.39 is 0 Å². The highest BCUT2D eigenvalue weighted by molar-refractivity contribution is 6.31. The van der Waals surface area contributed by atoms with Gasteiger partial charge in [-0.1, -0.05) is 17.7 Å². The van der Waals surface area contributed by atoms with Crippen LogP contribution in [0.1, 0.15) is 22.6 Å². The zero-order valence-electron chi connectivity index (χ0n) is 10.0. The Labute approximate surface area is 111 Å². The standard InChI is InChI=1S/C14H13ClN2O/c1-10-2-5-13(18-10)9-17-8-12-4-3-11(7-16)6-14(12)15/h2-6,17H,8-9H2,1H3. The predicted octanol–water partition coefficient (Wildman–Crippen LogP) is 3.40. The first-order valence-corrected chi connectivity index (χ1v) is 6.01. The summed E-state index contributed by atoms with van der Waals surface area (Å²) < 4.78 is 5.45. The van der Waals surface area contributed by atoms with Crippen LogP contribution in [0.4, 0.5) is 0 Å². The maximum atomic E-state index is 8.74. The number of halogens is 1. The average Bonchev–Trinajstić information content (AvgIpc) is 2.77. The van der Waals surface area contributed by atoms with Crippen LogP contribution in [0, 0.1) is 18.3 Å². The Balaban J connectivity index is 1.92. The van der Waals surface area contributed by atoms with Crippen molar-refractivity contribution in [1.29, 1.82) is 5.26 Å². The molecule has 0 radical (unpaired) electrons. The number of nitrogens with zero attached hydrogens (tertiary/aromatic N) is 1. The largest absolute Gasteiger partial charge is 0.465 e. The molecule has 2 rings (SSSR count). The van der Waals surface area contributed by atoms with E-state index in [1.807, 2.05) is 25.1 Å². The van der Waals surface area contributed by atoms with Crippen molar-refractivity contribution in [3.8, 4) is 6.07 Å². The third-order valence-electron chi connectivity index (χ3n) is 2.59. The summed E-state index contributed by atoms with van der Waals surface area (Å²) in [5.74, 6) is 1.81. The number of benzene rings is 1. The van der Waals surface area contributed by atoms with E-state index in [0.717, 1.165) is 17.1 Å². The van der Waals surface area contributed by atoms with Gasteiger partial charge in [0.25, 0.3) is 0 Å². The van der Waals surface area contributed by atoms with Gasteiger partial charge < -0.3 is 9.73 Å². The Morgan fingerprint density at radius 1 is 1.28 bits per heavy atom. The molecule has 2 aromatic rings. The van der Waals surface area contributed by atoms with Gasteiger partial charge in [-0.05, 0) is 36.8 Å². The summed E-state index contributed by atoms with van der Waals surface area (Å²) in [6.07, 6.45) is 0. The number of hydrogen-bond donors (Lipinski definition) is 1. The molecule has 0 saturated heterocycles. The van der Waals surface area contributed by atoms with Crippen molar-refractivity contribution in [3.63, 3.8) is 0 Å². The van der Waals surface area contributed by atoms with Gasteiger partial charge in [0.1, 0.15) is 11.5 Å². The second-order valence-electron chi connectivity index (χ2n) is 4.03. The molecule has 1 aromatic carbocycles. The van der Waals surface area contributed by atoms with Crippen molar-refractivity contribution in [1.82, 2.24) is 5.32 Å². The summed E-state index contributed by atoms with van der Waals surface area (Å²) in [5.41, 5.74) is 1.55. The monoisotopic (exact) mass is 260 g/mol. The Morgan fingerprint density at radius 3 is 2.72 bits per heavy atom. The second-order valence-corrected chi connectivity index (χ2v) is 4.44. The molecule has 18 heavy (non-hydrogen) atoms. The minimum Gasteiger partial charge on any atom is -0.465 e. The molecule has 3 nitrogen and oxygen atoms in total. The van der Waals surface area contributed by atoms with Crippen molar-refractivity contribution >= 4 is 11.6 Å². The molecule has 0 spiro atoms. The molecule has 1 aromatic heterocycles. The highest BCUT2D eigenvalue weighted by Gasteiger charge is 2.03. The molecule has 1 heterocycles. The molecule has 1 N–H and O–H groups in total. The number of hydrogen-bond acceptors (Lipinski definition) is 3. The molecule has 0 aliphatic heterocycles. The Morgan fingerprint density at radius 2 is 2.11 bits per heavy atom. The van der Waals surface area contributed by atoms with E-state index in [1.165, 1.54) is 0 Å². The van der Waals surface area contributed by atoms with Crippen LogP contribution in [-0.4, -0.2) is 0 Å². The van der Waals surface area contributed by atoms with Crippen LogP contribution in [0.15, 0.2) is 34.7 Å². The zero-order valence-corrected chi connectivity index (χ0v) is 10.8. The molecule has 0 unspecified atom stereocenters. The second kappa shape index (κ2) is 5.72. The van der Waals surface area contributed by atoms with Crippen LogP contribution in [0.5, 0.6) is 0 Å². The first-order chi connectivity index (χ1) is 8.69. The Hall–Kier alpha value is -1.76. The van der Waals surface area contributed by atoms with Crippen LogP contribution in [0.25, 0.3) is 0 Å². The maximum Gasteiger partial charge on any atom is 0.117 e. The SMILES string of the molecule is Cc1ccc(CNCc2ccc(C#N)cc2Cl)o1. The van der Waals surface area contributed by atoms with E-state index in [1.54, 1.807) is 12.1 Å². The Bertz CT molecular complexity index is 584. The van der Waals surface area contributed by atoms with Gasteiger partial charge in [0, 0.05) is 11.6 Å². The molecular weight excluding hydrogens is 248 g/mol. The van der Waals surface area contributed by atoms with E-state index >= 15 is 0 Å². The van der Waals surface area contributed by atoms with E-state index in [-0.39, 0.29) is 0 Å². The minimum absolute atomic E-state index is 0.574. The lowest BCUT2D eigenvalue weighted by molar-refractivity contribution is 0.462. The Kier molecular flexibility index (Phi) is 4.03. The average molecular weight is 261 g/mol. The molecule has 92 valence electrons. The quantitative estimate of drug-likeness (QED) is 0.917. The van der Waals surface area contributed by atoms with Gasteiger partial charge in [-0.25, -0.2) is 0 Å². The third-order valence-corrected chi connectivity index (χ3v) is 2.94. The summed E-state index contributed by atoms with van der Waals surface area (Å²) in [4.78, 5) is 0. The van der Waals surface area contributed by atoms with Crippen molar-refractivity contribution in [2.45, 2.75) is 20.0 Å². The van der Waals surface area contributed by atoms with Gasteiger partial charge in [-0.3, -0.25) is 0 Å². The van der Waals surface area contributed by atoms with Crippen molar-refractivity contribution in [2.75, 3.05) is 0 Å². The molecule has 0 aliphatic carbocycles. The summed E-state index contributed by atoms with van der Waals surface area (Å²) in [7, 11) is 0. The highest BCUT2D eigenvalue weighted by atomic mass is 35.5. The topological polar surface area (TPSA) is 49.0 Å². The minimum atomic E-state index is 0.574. The van der Waals surface area contributed by atoms with Crippen LogP contribution in [0.3, 0.4) is 0 Å². The molecule has 0 atom stereocenters. The first-order valence-electron chi connectivity index (χ1n) is 5.63. The van der Waals surface area contributed by atoms with E-state index in [2.05, 4.69) is 11.4 Å². The molecule has 0 aliphatic rings.